The zero-order valence-corrected chi connectivity index (χ0v) is 10.6. The number of nitrogens with zero attached hydrogens (tertiary/aromatic N) is 2. The number of hydrogen-bond donors (Lipinski definition) is 0. The summed E-state index contributed by atoms with van der Waals surface area (Å²) in [6.45, 7) is 0.715. The molecule has 1 aliphatic carbocycles. The molecule has 2 aromatic carbocycles. The zero-order chi connectivity index (χ0) is 13.1. The highest BCUT2D eigenvalue weighted by molar-refractivity contribution is 6.05. The maximum atomic E-state index is 9.11. The molecule has 3 rings (SSSR count). The molecule has 0 heterocycles. The highest BCUT2D eigenvalue weighted by Gasteiger charge is 2.19. The fraction of sp³-hybridized carbons (Fsp3) is 0.176. The van der Waals surface area contributed by atoms with Crippen molar-refractivity contribution < 1.29 is 0 Å². The van der Waals surface area contributed by atoms with Crippen molar-refractivity contribution in [3.8, 4) is 6.07 Å². The Morgan fingerprint density at radius 2 is 1.84 bits per heavy atom. The predicted octanol–water partition coefficient (Wildman–Crippen LogP) is 3.49. The smallest absolute Gasteiger partial charge is 0.0994 e. The van der Waals surface area contributed by atoms with E-state index < -0.39 is 0 Å². The van der Waals surface area contributed by atoms with E-state index in [0.717, 1.165) is 35.2 Å². The van der Waals surface area contributed by atoms with Crippen LogP contribution in [-0.2, 0) is 13.0 Å². The number of hydrogen-bond acceptors (Lipinski definition) is 2. The molecule has 19 heavy (non-hydrogen) atoms. The summed E-state index contributed by atoms with van der Waals surface area (Å²) in [5.74, 6) is 0. The number of benzene rings is 2. The molecular formula is C17H14N2. The summed E-state index contributed by atoms with van der Waals surface area (Å²) in [6.07, 6.45) is 1.88. The SMILES string of the molecule is N#Cc1cccc2c1CC/C2=N\Cc1ccccc1. The van der Waals surface area contributed by atoms with E-state index in [0.29, 0.717) is 6.54 Å². The molecule has 0 N–H and O–H groups in total. The fourth-order valence-electron chi connectivity index (χ4n) is 2.54. The van der Waals surface area contributed by atoms with Gasteiger partial charge in [0.15, 0.2) is 0 Å². The van der Waals surface area contributed by atoms with E-state index in [1.54, 1.807) is 0 Å². The highest BCUT2D eigenvalue weighted by atomic mass is 14.7. The van der Waals surface area contributed by atoms with Crippen LogP contribution in [-0.4, -0.2) is 5.71 Å². The van der Waals surface area contributed by atoms with Crippen LogP contribution in [0.15, 0.2) is 53.5 Å². The Kier molecular flexibility index (Phi) is 3.12. The summed E-state index contributed by atoms with van der Waals surface area (Å²) < 4.78 is 0. The topological polar surface area (TPSA) is 36.1 Å². The van der Waals surface area contributed by atoms with E-state index in [9.17, 15) is 0 Å². The quantitative estimate of drug-likeness (QED) is 0.799. The van der Waals surface area contributed by atoms with Gasteiger partial charge >= 0.3 is 0 Å². The van der Waals surface area contributed by atoms with Crippen LogP contribution in [0.2, 0.25) is 0 Å². The van der Waals surface area contributed by atoms with Gasteiger partial charge in [-0.3, -0.25) is 4.99 Å². The third-order valence-electron chi connectivity index (χ3n) is 3.51. The molecule has 2 heteroatoms. The van der Waals surface area contributed by atoms with Gasteiger partial charge in [0.05, 0.1) is 18.2 Å². The normalized spacial score (nSPS) is 15.2. The van der Waals surface area contributed by atoms with Crippen LogP contribution in [0.3, 0.4) is 0 Å². The summed E-state index contributed by atoms with van der Waals surface area (Å²) in [5.41, 5.74) is 5.48. The van der Waals surface area contributed by atoms with E-state index in [1.165, 1.54) is 5.56 Å². The molecule has 0 amide bonds. The lowest BCUT2D eigenvalue weighted by atomic mass is 10.0. The van der Waals surface area contributed by atoms with E-state index in [-0.39, 0.29) is 0 Å². The Balaban J connectivity index is 1.89. The highest BCUT2D eigenvalue weighted by Crippen LogP contribution is 2.25. The largest absolute Gasteiger partial charge is 0.284 e. The number of aliphatic imine (C=N–C) groups is 1. The summed E-state index contributed by atoms with van der Waals surface area (Å²) in [6, 6.07) is 18.4. The van der Waals surface area contributed by atoms with Crippen LogP contribution < -0.4 is 0 Å². The minimum atomic E-state index is 0.715. The molecule has 0 unspecified atom stereocenters. The van der Waals surface area contributed by atoms with Crippen molar-refractivity contribution in [2.24, 2.45) is 4.99 Å². The number of fused-ring (bicyclic) bond motifs is 1. The van der Waals surface area contributed by atoms with Gasteiger partial charge in [-0.25, -0.2) is 0 Å². The average Bonchev–Trinajstić information content (AvgIpc) is 2.89. The Bertz CT molecular complexity index is 663. The lowest BCUT2D eigenvalue weighted by Crippen LogP contribution is -1.96. The fourth-order valence-corrected chi connectivity index (χ4v) is 2.54. The summed E-state index contributed by atoms with van der Waals surface area (Å²) in [4.78, 5) is 4.72. The van der Waals surface area contributed by atoms with Gasteiger partial charge in [-0.1, -0.05) is 42.5 Å². The Morgan fingerprint density at radius 1 is 1.00 bits per heavy atom. The number of nitriles is 1. The van der Waals surface area contributed by atoms with Gasteiger partial charge in [-0.15, -0.1) is 0 Å². The van der Waals surface area contributed by atoms with E-state index in [2.05, 4.69) is 24.3 Å². The van der Waals surface area contributed by atoms with Crippen molar-refractivity contribution in [1.29, 1.82) is 5.26 Å². The summed E-state index contributed by atoms with van der Waals surface area (Å²) >= 11 is 0. The van der Waals surface area contributed by atoms with Crippen LogP contribution in [0.25, 0.3) is 0 Å². The molecule has 0 atom stereocenters. The number of rotatable bonds is 2. The molecule has 2 nitrogen and oxygen atoms in total. The molecule has 0 fully saturated rings. The monoisotopic (exact) mass is 246 g/mol. The van der Waals surface area contributed by atoms with Crippen molar-refractivity contribution in [2.75, 3.05) is 0 Å². The molecular weight excluding hydrogens is 232 g/mol. The Hall–Kier alpha value is -2.40. The van der Waals surface area contributed by atoms with Crippen LogP contribution in [0.4, 0.5) is 0 Å². The van der Waals surface area contributed by atoms with Crippen molar-refractivity contribution in [3.63, 3.8) is 0 Å². The summed E-state index contributed by atoms with van der Waals surface area (Å²) in [5, 5.41) is 9.11. The first-order valence-corrected chi connectivity index (χ1v) is 6.48. The van der Waals surface area contributed by atoms with Gasteiger partial charge < -0.3 is 0 Å². The Labute approximate surface area is 113 Å². The van der Waals surface area contributed by atoms with Gasteiger partial charge in [-0.2, -0.15) is 5.26 Å². The second-order valence-corrected chi connectivity index (χ2v) is 4.69. The van der Waals surface area contributed by atoms with E-state index in [1.807, 2.05) is 30.3 Å². The molecule has 0 saturated carbocycles. The molecule has 0 spiro atoms. The van der Waals surface area contributed by atoms with Gasteiger partial charge in [-0.05, 0) is 30.0 Å². The lowest BCUT2D eigenvalue weighted by molar-refractivity contribution is 1.03. The second-order valence-electron chi connectivity index (χ2n) is 4.69. The van der Waals surface area contributed by atoms with E-state index in [4.69, 9.17) is 10.3 Å². The van der Waals surface area contributed by atoms with Gasteiger partial charge in [0, 0.05) is 11.3 Å². The maximum Gasteiger partial charge on any atom is 0.0994 e. The zero-order valence-electron chi connectivity index (χ0n) is 10.6. The standard InChI is InChI=1S/C17H14N2/c18-11-14-7-4-8-16-15(14)9-10-17(16)19-12-13-5-2-1-3-6-13/h1-8H,9-10,12H2/b19-17+. The van der Waals surface area contributed by atoms with E-state index >= 15 is 0 Å². The maximum absolute atomic E-state index is 9.11. The molecule has 92 valence electrons. The molecule has 0 aliphatic heterocycles. The molecule has 0 bridgehead atoms. The first-order chi connectivity index (χ1) is 9.38. The lowest BCUT2D eigenvalue weighted by Gasteiger charge is -2.02. The molecule has 1 aliphatic rings. The minimum Gasteiger partial charge on any atom is -0.284 e. The summed E-state index contributed by atoms with van der Waals surface area (Å²) in [7, 11) is 0. The third kappa shape index (κ3) is 2.28. The predicted molar refractivity (Wildman–Crippen MR) is 76.2 cm³/mol. The van der Waals surface area contributed by atoms with Gasteiger partial charge in [0.25, 0.3) is 0 Å². The first-order valence-electron chi connectivity index (χ1n) is 6.48. The minimum absolute atomic E-state index is 0.715. The molecule has 0 radical (unpaired) electrons. The van der Waals surface area contributed by atoms with Crippen LogP contribution in [0.5, 0.6) is 0 Å². The first kappa shape index (κ1) is 11.7. The average molecular weight is 246 g/mol. The third-order valence-corrected chi connectivity index (χ3v) is 3.51. The second kappa shape index (κ2) is 5.07. The molecule has 0 aromatic heterocycles. The van der Waals surface area contributed by atoms with Crippen LogP contribution >= 0.6 is 0 Å². The van der Waals surface area contributed by atoms with Gasteiger partial charge in [0.2, 0.25) is 0 Å². The molecule has 0 saturated heterocycles. The van der Waals surface area contributed by atoms with Crippen LogP contribution in [0.1, 0.15) is 28.7 Å². The van der Waals surface area contributed by atoms with Crippen LogP contribution in [0, 0.1) is 11.3 Å². The van der Waals surface area contributed by atoms with Crippen molar-refractivity contribution >= 4 is 5.71 Å². The van der Waals surface area contributed by atoms with Crippen molar-refractivity contribution in [2.45, 2.75) is 19.4 Å². The van der Waals surface area contributed by atoms with Crippen molar-refractivity contribution in [3.05, 3.63) is 70.8 Å². The molecule has 2 aromatic rings. The van der Waals surface area contributed by atoms with Gasteiger partial charge in [0.1, 0.15) is 0 Å². The Morgan fingerprint density at radius 3 is 2.63 bits per heavy atom. The van der Waals surface area contributed by atoms with Crippen molar-refractivity contribution in [1.82, 2.24) is 0 Å².